The minimum atomic E-state index is -0.156. The van der Waals surface area contributed by atoms with Crippen molar-refractivity contribution >= 4 is 11.6 Å². The van der Waals surface area contributed by atoms with Gasteiger partial charge in [-0.25, -0.2) is 4.98 Å². The molecule has 0 saturated heterocycles. The van der Waals surface area contributed by atoms with Gasteiger partial charge >= 0.3 is 0 Å². The topological polar surface area (TPSA) is 68.5 Å². The van der Waals surface area contributed by atoms with Gasteiger partial charge in [-0.15, -0.1) is 0 Å². The van der Waals surface area contributed by atoms with Gasteiger partial charge in [-0.05, 0) is 30.0 Å². The highest BCUT2D eigenvalue weighted by atomic mass is 16.5. The summed E-state index contributed by atoms with van der Waals surface area (Å²) in [7, 11) is 1.75. The van der Waals surface area contributed by atoms with Crippen LogP contribution in [-0.4, -0.2) is 24.5 Å². The lowest BCUT2D eigenvalue weighted by Crippen LogP contribution is -2.35. The standard InChI is InChI=1S/C23H21N3O2/c1-26-19-13-18(15-5-3-2-4-6-15)21(25-22(19)28-14-20(26)27)16-7-9-17(10-8-16)23(24)11-12-23/h2-10,13H,11-12,14,24H2,1H3. The summed E-state index contributed by atoms with van der Waals surface area (Å²) in [5, 5.41) is 0. The summed E-state index contributed by atoms with van der Waals surface area (Å²) >= 11 is 0. The van der Waals surface area contributed by atoms with Crippen LogP contribution in [0.5, 0.6) is 5.88 Å². The molecule has 1 aliphatic heterocycles. The minimum absolute atomic E-state index is 0.00918. The van der Waals surface area contributed by atoms with Crippen LogP contribution in [0.4, 0.5) is 5.69 Å². The van der Waals surface area contributed by atoms with Crippen molar-refractivity contribution in [2.75, 3.05) is 18.6 Å². The highest BCUT2D eigenvalue weighted by Crippen LogP contribution is 2.44. The molecule has 0 bridgehead atoms. The summed E-state index contributed by atoms with van der Waals surface area (Å²) in [6, 6.07) is 20.4. The summed E-state index contributed by atoms with van der Waals surface area (Å²) in [6.45, 7) is 0.00918. The Morgan fingerprint density at radius 2 is 1.75 bits per heavy atom. The van der Waals surface area contributed by atoms with Crippen molar-refractivity contribution in [2.45, 2.75) is 18.4 Å². The lowest BCUT2D eigenvalue weighted by Gasteiger charge is -2.26. The molecule has 140 valence electrons. The Balaban J connectivity index is 1.67. The van der Waals surface area contributed by atoms with E-state index >= 15 is 0 Å². The SMILES string of the molecule is CN1C(=O)COc2nc(-c3ccc(C4(N)CC4)cc3)c(-c3ccccc3)cc21. The van der Waals surface area contributed by atoms with Crippen LogP contribution in [-0.2, 0) is 10.3 Å². The fourth-order valence-electron chi connectivity index (χ4n) is 3.63. The first-order valence-electron chi connectivity index (χ1n) is 9.45. The first kappa shape index (κ1) is 17.0. The number of nitrogens with zero attached hydrogens (tertiary/aromatic N) is 2. The molecule has 0 unspecified atom stereocenters. The maximum Gasteiger partial charge on any atom is 0.264 e. The molecule has 2 heterocycles. The second-order valence-electron chi connectivity index (χ2n) is 7.55. The molecular formula is C23H21N3O2. The monoisotopic (exact) mass is 371 g/mol. The van der Waals surface area contributed by atoms with E-state index in [1.165, 1.54) is 0 Å². The van der Waals surface area contributed by atoms with Gasteiger partial charge < -0.3 is 15.4 Å². The van der Waals surface area contributed by atoms with Gasteiger partial charge in [0.05, 0.1) is 5.69 Å². The van der Waals surface area contributed by atoms with E-state index in [0.29, 0.717) is 11.6 Å². The number of hydrogen-bond acceptors (Lipinski definition) is 4. The average molecular weight is 371 g/mol. The zero-order chi connectivity index (χ0) is 19.3. The largest absolute Gasteiger partial charge is 0.466 e. The normalized spacial score (nSPS) is 17.1. The third-order valence-corrected chi connectivity index (χ3v) is 5.64. The van der Waals surface area contributed by atoms with Crippen molar-refractivity contribution in [3.63, 3.8) is 0 Å². The Hall–Kier alpha value is -3.18. The number of carbonyl (C=O) groups excluding carboxylic acids is 1. The van der Waals surface area contributed by atoms with Crippen LogP contribution in [0.25, 0.3) is 22.4 Å². The molecule has 0 radical (unpaired) electrons. The summed E-state index contributed by atoms with van der Waals surface area (Å²) in [6.07, 6.45) is 2.07. The summed E-state index contributed by atoms with van der Waals surface area (Å²) < 4.78 is 5.62. The van der Waals surface area contributed by atoms with Gasteiger partial charge in [0.1, 0.15) is 5.69 Å². The van der Waals surface area contributed by atoms with E-state index in [2.05, 4.69) is 24.3 Å². The molecule has 5 heteroatoms. The Kier molecular flexibility index (Phi) is 3.74. The van der Waals surface area contributed by atoms with E-state index < -0.39 is 0 Å². The summed E-state index contributed by atoms with van der Waals surface area (Å²) in [4.78, 5) is 18.5. The van der Waals surface area contributed by atoms with Crippen molar-refractivity contribution in [2.24, 2.45) is 5.73 Å². The van der Waals surface area contributed by atoms with Crippen LogP contribution in [0.1, 0.15) is 18.4 Å². The molecule has 2 aromatic carbocycles. The number of hydrogen-bond donors (Lipinski definition) is 1. The molecule has 0 atom stereocenters. The van der Waals surface area contributed by atoms with Gasteiger partial charge in [0, 0.05) is 23.7 Å². The molecule has 1 amide bonds. The van der Waals surface area contributed by atoms with Crippen LogP contribution in [0.2, 0.25) is 0 Å². The molecule has 1 saturated carbocycles. The highest BCUT2D eigenvalue weighted by molar-refractivity contribution is 5.98. The third-order valence-electron chi connectivity index (χ3n) is 5.64. The quantitative estimate of drug-likeness (QED) is 0.762. The number of rotatable bonds is 3. The molecule has 0 spiro atoms. The lowest BCUT2D eigenvalue weighted by atomic mass is 9.96. The number of fused-ring (bicyclic) bond motifs is 1. The molecule has 3 aromatic rings. The van der Waals surface area contributed by atoms with Gasteiger partial charge in [0.2, 0.25) is 5.88 Å². The van der Waals surface area contributed by atoms with Gasteiger partial charge in [0.25, 0.3) is 5.91 Å². The Morgan fingerprint density at radius 3 is 2.43 bits per heavy atom. The minimum Gasteiger partial charge on any atom is -0.466 e. The van der Waals surface area contributed by atoms with Crippen LogP contribution in [0.3, 0.4) is 0 Å². The maximum absolute atomic E-state index is 12.1. The second-order valence-corrected chi connectivity index (χ2v) is 7.55. The van der Waals surface area contributed by atoms with Gasteiger partial charge in [0.15, 0.2) is 6.61 Å². The van der Waals surface area contributed by atoms with E-state index in [1.54, 1.807) is 11.9 Å². The number of aromatic nitrogens is 1. The molecule has 1 aliphatic carbocycles. The number of ether oxygens (including phenoxy) is 1. The smallest absolute Gasteiger partial charge is 0.264 e. The lowest BCUT2D eigenvalue weighted by molar-refractivity contribution is -0.121. The second kappa shape index (κ2) is 6.17. The number of likely N-dealkylation sites (N-methyl/N-ethyl adjacent to an activating group) is 1. The van der Waals surface area contributed by atoms with Gasteiger partial charge in [-0.1, -0.05) is 54.6 Å². The molecule has 2 N–H and O–H groups in total. The molecular weight excluding hydrogens is 350 g/mol. The third kappa shape index (κ3) is 2.75. The Labute approximate surface area is 163 Å². The van der Waals surface area contributed by atoms with Crippen LogP contribution in [0.15, 0.2) is 60.7 Å². The summed E-state index contributed by atoms with van der Waals surface area (Å²) in [5.74, 6) is 0.404. The van der Waals surface area contributed by atoms with Crippen LogP contribution < -0.4 is 15.4 Å². The first-order chi connectivity index (χ1) is 13.5. The van der Waals surface area contributed by atoms with E-state index in [0.717, 1.165) is 40.8 Å². The summed E-state index contributed by atoms with van der Waals surface area (Å²) in [5.41, 5.74) is 11.9. The number of carbonyl (C=O) groups is 1. The van der Waals surface area contributed by atoms with Crippen LogP contribution >= 0.6 is 0 Å². The predicted octanol–water partition coefficient (Wildman–Crippen LogP) is 3.72. The van der Waals surface area contributed by atoms with E-state index in [4.69, 9.17) is 15.5 Å². The van der Waals surface area contributed by atoms with Crippen molar-refractivity contribution < 1.29 is 9.53 Å². The fraction of sp³-hybridized carbons (Fsp3) is 0.217. The van der Waals surface area contributed by atoms with E-state index in [1.807, 2.05) is 36.4 Å². The van der Waals surface area contributed by atoms with Crippen molar-refractivity contribution in [1.82, 2.24) is 4.98 Å². The Morgan fingerprint density at radius 1 is 1.04 bits per heavy atom. The van der Waals surface area contributed by atoms with Crippen LogP contribution in [0, 0.1) is 0 Å². The molecule has 2 aliphatic rings. The maximum atomic E-state index is 12.1. The molecule has 1 aromatic heterocycles. The first-order valence-corrected chi connectivity index (χ1v) is 9.45. The predicted molar refractivity (Wildman–Crippen MR) is 109 cm³/mol. The molecule has 28 heavy (non-hydrogen) atoms. The number of pyridine rings is 1. The number of benzene rings is 2. The molecule has 5 rings (SSSR count). The highest BCUT2D eigenvalue weighted by Gasteiger charge is 2.39. The number of nitrogens with two attached hydrogens (primary N) is 1. The van der Waals surface area contributed by atoms with E-state index in [9.17, 15) is 4.79 Å². The molecule has 1 fully saturated rings. The van der Waals surface area contributed by atoms with Crippen molar-refractivity contribution in [1.29, 1.82) is 0 Å². The fourth-order valence-corrected chi connectivity index (χ4v) is 3.63. The zero-order valence-corrected chi connectivity index (χ0v) is 15.7. The number of anilines is 1. The zero-order valence-electron chi connectivity index (χ0n) is 15.7. The van der Waals surface area contributed by atoms with Gasteiger partial charge in [-0.3, -0.25) is 4.79 Å². The molecule has 5 nitrogen and oxygen atoms in total. The van der Waals surface area contributed by atoms with Crippen molar-refractivity contribution in [3.05, 3.63) is 66.2 Å². The van der Waals surface area contributed by atoms with Gasteiger partial charge in [-0.2, -0.15) is 0 Å². The number of amides is 1. The van der Waals surface area contributed by atoms with Crippen molar-refractivity contribution in [3.8, 4) is 28.3 Å². The van der Waals surface area contributed by atoms with E-state index in [-0.39, 0.29) is 18.1 Å². The Bertz CT molecular complexity index is 1060. The average Bonchev–Trinajstić information content (AvgIpc) is 3.49.